The average Bonchev–Trinajstić information content (AvgIpc) is 3.20. The van der Waals surface area contributed by atoms with E-state index >= 15 is 0 Å². The number of aliphatic carboxylic acids is 1. The van der Waals surface area contributed by atoms with Gasteiger partial charge in [-0.25, -0.2) is 14.4 Å². The maximum atomic E-state index is 13.4. The summed E-state index contributed by atoms with van der Waals surface area (Å²) in [7, 11) is 0. The van der Waals surface area contributed by atoms with Crippen molar-refractivity contribution in [3.05, 3.63) is 54.4 Å². The predicted molar refractivity (Wildman–Crippen MR) is 114 cm³/mol. The van der Waals surface area contributed by atoms with E-state index in [2.05, 4.69) is 29.1 Å². The third kappa shape index (κ3) is 5.09. The number of nitrogens with one attached hydrogen (secondary N) is 1. The monoisotopic (exact) mass is 441 g/mol. The number of carboxylic acids is 1. The number of ether oxygens (including phenoxy) is 2. The van der Waals surface area contributed by atoms with Crippen molar-refractivity contribution >= 4 is 11.9 Å². The van der Waals surface area contributed by atoms with Crippen molar-refractivity contribution in [2.75, 3.05) is 25.1 Å². The van der Waals surface area contributed by atoms with Gasteiger partial charge in [-0.1, -0.05) is 13.8 Å². The lowest BCUT2D eigenvalue weighted by Crippen LogP contribution is -2.34. The number of carboxylic acid groups (broad SMARTS) is 1. The van der Waals surface area contributed by atoms with Crippen LogP contribution < -0.4 is 5.32 Å². The van der Waals surface area contributed by atoms with E-state index in [1.54, 1.807) is 35.2 Å². The first-order valence-electron chi connectivity index (χ1n) is 10.2. The lowest BCUT2D eigenvalue weighted by atomic mass is 9.96. The Morgan fingerprint density at radius 1 is 1.22 bits per heavy atom. The first kappa shape index (κ1) is 21.8. The zero-order valence-corrected chi connectivity index (χ0v) is 17.8. The Labute approximate surface area is 184 Å². The fourth-order valence-corrected chi connectivity index (χ4v) is 3.20. The molecule has 1 aliphatic rings. The van der Waals surface area contributed by atoms with E-state index in [0.717, 1.165) is 5.56 Å². The second kappa shape index (κ2) is 9.01. The summed E-state index contributed by atoms with van der Waals surface area (Å²) in [5, 5.41) is 11.7. The Balaban J connectivity index is 1.68. The maximum absolute atomic E-state index is 13.4. The van der Waals surface area contributed by atoms with Gasteiger partial charge in [0.1, 0.15) is 11.6 Å². The molecule has 32 heavy (non-hydrogen) atoms. The van der Waals surface area contributed by atoms with E-state index in [1.165, 1.54) is 12.1 Å². The second-order valence-electron chi connectivity index (χ2n) is 8.29. The third-order valence-electron chi connectivity index (χ3n) is 4.84. The van der Waals surface area contributed by atoms with Gasteiger partial charge in [0.2, 0.25) is 12.2 Å². The zero-order chi connectivity index (χ0) is 22.7. The number of carbonyl (C=O) groups is 1. The minimum Gasteiger partial charge on any atom is -0.481 e. The van der Waals surface area contributed by atoms with E-state index < -0.39 is 12.3 Å². The number of nitrogens with zero attached hydrogens (tertiary/aromatic N) is 4. The van der Waals surface area contributed by atoms with Gasteiger partial charge in [-0.2, -0.15) is 4.98 Å². The van der Waals surface area contributed by atoms with Crippen LogP contribution in [0.4, 0.5) is 10.3 Å². The van der Waals surface area contributed by atoms with Crippen molar-refractivity contribution in [2.24, 2.45) is 5.41 Å². The van der Waals surface area contributed by atoms with Crippen molar-refractivity contribution < 1.29 is 23.8 Å². The molecule has 168 valence electrons. The Morgan fingerprint density at radius 2 is 1.94 bits per heavy atom. The first-order chi connectivity index (χ1) is 15.3. The molecule has 1 saturated heterocycles. The van der Waals surface area contributed by atoms with Crippen LogP contribution in [0.3, 0.4) is 0 Å². The first-order valence-corrected chi connectivity index (χ1v) is 10.2. The van der Waals surface area contributed by atoms with Gasteiger partial charge in [-0.3, -0.25) is 9.36 Å². The quantitative estimate of drug-likeness (QED) is 0.574. The third-order valence-corrected chi connectivity index (χ3v) is 4.84. The van der Waals surface area contributed by atoms with Crippen LogP contribution in [0, 0.1) is 11.2 Å². The Kier molecular flexibility index (Phi) is 6.15. The van der Waals surface area contributed by atoms with Gasteiger partial charge in [-0.15, -0.1) is 0 Å². The number of aromatic nitrogens is 4. The molecule has 3 aromatic rings. The minimum absolute atomic E-state index is 0.0574. The van der Waals surface area contributed by atoms with Gasteiger partial charge in [0.15, 0.2) is 5.82 Å². The van der Waals surface area contributed by atoms with E-state index in [1.807, 2.05) is 0 Å². The lowest BCUT2D eigenvalue weighted by molar-refractivity contribution is -0.230. The molecule has 0 saturated carbocycles. The summed E-state index contributed by atoms with van der Waals surface area (Å²) < 4.78 is 27.0. The molecule has 0 unspecified atom stereocenters. The van der Waals surface area contributed by atoms with Crippen LogP contribution in [0.1, 0.15) is 32.4 Å². The average molecular weight is 441 g/mol. The minimum atomic E-state index is -0.913. The molecule has 0 bridgehead atoms. The molecular weight excluding hydrogens is 417 g/mol. The van der Waals surface area contributed by atoms with E-state index in [9.17, 15) is 9.18 Å². The van der Waals surface area contributed by atoms with Crippen molar-refractivity contribution in [3.63, 3.8) is 0 Å². The predicted octanol–water partition coefficient (Wildman–Crippen LogP) is 3.43. The van der Waals surface area contributed by atoms with E-state index in [4.69, 9.17) is 19.6 Å². The lowest BCUT2D eigenvalue weighted by Gasteiger charge is -2.34. The molecule has 4 rings (SSSR count). The van der Waals surface area contributed by atoms with E-state index in [-0.39, 0.29) is 24.2 Å². The van der Waals surface area contributed by atoms with Crippen LogP contribution in [-0.2, 0) is 14.3 Å². The zero-order valence-electron chi connectivity index (χ0n) is 17.8. The van der Waals surface area contributed by atoms with Gasteiger partial charge < -0.3 is 19.9 Å². The molecule has 1 aromatic carbocycles. The molecule has 10 heteroatoms. The molecule has 2 aromatic heterocycles. The molecule has 0 radical (unpaired) electrons. The highest BCUT2D eigenvalue weighted by atomic mass is 19.1. The second-order valence-corrected chi connectivity index (χ2v) is 8.29. The molecule has 9 nitrogen and oxygen atoms in total. The molecule has 0 amide bonds. The highest BCUT2D eigenvalue weighted by Crippen LogP contribution is 2.33. The molecule has 2 N–H and O–H groups in total. The SMILES string of the molecule is CC1(C)COC(c2nc(-c3ccc(F)cc3)cn2-c2ccnc(NCCC(=O)O)n2)OC1. The summed E-state index contributed by atoms with van der Waals surface area (Å²) in [4.78, 5) is 24.1. The molecule has 0 atom stereocenters. The normalized spacial score (nSPS) is 16.1. The number of hydrogen-bond donors (Lipinski definition) is 2. The Bertz CT molecular complexity index is 1090. The van der Waals surface area contributed by atoms with Crippen molar-refractivity contribution in [2.45, 2.75) is 26.6 Å². The summed E-state index contributed by atoms with van der Waals surface area (Å²) in [6.45, 7) is 5.31. The summed E-state index contributed by atoms with van der Waals surface area (Å²) >= 11 is 0. The number of hydrogen-bond acceptors (Lipinski definition) is 7. The van der Waals surface area contributed by atoms with Gasteiger partial charge in [0.25, 0.3) is 0 Å². The van der Waals surface area contributed by atoms with Crippen LogP contribution in [0.25, 0.3) is 17.1 Å². The van der Waals surface area contributed by atoms with Gasteiger partial charge >= 0.3 is 5.97 Å². The number of benzene rings is 1. The summed E-state index contributed by atoms with van der Waals surface area (Å²) in [6.07, 6.45) is 2.59. The Hall–Kier alpha value is -3.37. The van der Waals surface area contributed by atoms with E-state index in [0.29, 0.717) is 36.5 Å². The number of rotatable bonds is 7. The van der Waals surface area contributed by atoms with Gasteiger partial charge in [-0.05, 0) is 30.3 Å². The topological polar surface area (TPSA) is 111 Å². The standard InChI is InChI=1S/C22H24FN5O4/c1-22(2)12-31-20(32-13-22)19-26-16(14-3-5-15(23)6-4-14)11-28(19)17-7-9-24-21(27-17)25-10-8-18(29)30/h3-7,9,11,20H,8,10,12-13H2,1-2H3,(H,29,30)(H,24,25,27). The van der Waals surface area contributed by atoms with Crippen molar-refractivity contribution in [3.8, 4) is 17.1 Å². The largest absolute Gasteiger partial charge is 0.481 e. The molecule has 1 aliphatic heterocycles. The molecule has 1 fully saturated rings. The fraction of sp³-hybridized carbons (Fsp3) is 0.364. The van der Waals surface area contributed by atoms with Crippen LogP contribution in [0.2, 0.25) is 0 Å². The summed E-state index contributed by atoms with van der Waals surface area (Å²) in [5.74, 6) is 0.0468. The van der Waals surface area contributed by atoms with Crippen LogP contribution in [0.5, 0.6) is 0 Å². The smallest absolute Gasteiger partial charge is 0.305 e. The maximum Gasteiger partial charge on any atom is 0.305 e. The molecule has 0 aliphatic carbocycles. The van der Waals surface area contributed by atoms with Crippen molar-refractivity contribution in [1.82, 2.24) is 19.5 Å². The van der Waals surface area contributed by atoms with Gasteiger partial charge in [0, 0.05) is 29.9 Å². The summed E-state index contributed by atoms with van der Waals surface area (Å²) in [5.41, 5.74) is 1.23. The summed E-state index contributed by atoms with van der Waals surface area (Å²) in [6, 6.07) is 7.75. The highest BCUT2D eigenvalue weighted by Gasteiger charge is 2.32. The number of imidazole rings is 1. The number of anilines is 1. The molecule has 0 spiro atoms. The van der Waals surface area contributed by atoms with Crippen molar-refractivity contribution in [1.29, 1.82) is 0 Å². The van der Waals surface area contributed by atoms with Crippen LogP contribution in [-0.4, -0.2) is 50.4 Å². The van der Waals surface area contributed by atoms with Crippen LogP contribution in [0.15, 0.2) is 42.7 Å². The highest BCUT2D eigenvalue weighted by molar-refractivity contribution is 5.67. The van der Waals surface area contributed by atoms with Crippen LogP contribution >= 0.6 is 0 Å². The molecule has 3 heterocycles. The Morgan fingerprint density at radius 3 is 2.62 bits per heavy atom. The fourth-order valence-electron chi connectivity index (χ4n) is 3.20. The van der Waals surface area contributed by atoms with Gasteiger partial charge in [0.05, 0.1) is 25.3 Å². The molecular formula is C22H24FN5O4. The number of halogens is 1.